The van der Waals surface area contributed by atoms with Crippen LogP contribution in [0.25, 0.3) is 0 Å². The summed E-state index contributed by atoms with van der Waals surface area (Å²) in [7, 11) is 0. The van der Waals surface area contributed by atoms with Crippen molar-refractivity contribution in [2.75, 3.05) is 16.8 Å². The van der Waals surface area contributed by atoms with Crippen LogP contribution in [-0.4, -0.2) is 9.97 Å². The molecule has 1 aromatic heterocycles. The molecule has 0 aliphatic rings. The monoisotopic (exact) mass is 281 g/mol. The topological polar surface area (TPSA) is 89.8 Å². The van der Waals surface area contributed by atoms with Gasteiger partial charge in [0.25, 0.3) is 0 Å². The van der Waals surface area contributed by atoms with Crippen molar-refractivity contribution in [1.82, 2.24) is 9.97 Å². The van der Waals surface area contributed by atoms with E-state index in [-0.39, 0.29) is 22.1 Å². The number of halogens is 2. The number of hydrogen-bond donors (Lipinski definition) is 3. The first kappa shape index (κ1) is 13.4. The van der Waals surface area contributed by atoms with E-state index >= 15 is 0 Å². The second kappa shape index (κ2) is 5.27. The molecule has 19 heavy (non-hydrogen) atoms. The van der Waals surface area contributed by atoms with E-state index in [2.05, 4.69) is 15.3 Å². The van der Waals surface area contributed by atoms with Crippen molar-refractivity contribution < 1.29 is 4.39 Å². The van der Waals surface area contributed by atoms with Crippen LogP contribution in [0.2, 0.25) is 5.02 Å². The van der Waals surface area contributed by atoms with E-state index in [0.717, 1.165) is 5.69 Å². The van der Waals surface area contributed by atoms with Crippen LogP contribution < -0.4 is 16.8 Å². The minimum absolute atomic E-state index is 0.111. The van der Waals surface area contributed by atoms with Crippen LogP contribution in [0.5, 0.6) is 0 Å². The third kappa shape index (κ3) is 2.85. The highest BCUT2D eigenvalue weighted by molar-refractivity contribution is 6.33. The summed E-state index contributed by atoms with van der Waals surface area (Å²) < 4.78 is 13.9. The average Bonchev–Trinajstić information content (AvgIpc) is 2.36. The molecule has 0 atom stereocenters. The Hall–Kier alpha value is -2.08. The van der Waals surface area contributed by atoms with E-state index in [1.165, 1.54) is 6.07 Å². The highest BCUT2D eigenvalue weighted by Crippen LogP contribution is 2.33. The van der Waals surface area contributed by atoms with Crippen molar-refractivity contribution in [3.05, 3.63) is 40.7 Å². The van der Waals surface area contributed by atoms with Gasteiger partial charge in [0.1, 0.15) is 10.8 Å². The molecular formula is C12H13ClFN5. The van der Waals surface area contributed by atoms with Crippen molar-refractivity contribution >= 4 is 28.7 Å². The van der Waals surface area contributed by atoms with E-state index in [1.807, 2.05) is 0 Å². The molecule has 5 nitrogen and oxygen atoms in total. The van der Waals surface area contributed by atoms with Crippen molar-refractivity contribution in [2.45, 2.75) is 13.5 Å². The Balaban J connectivity index is 2.23. The summed E-state index contributed by atoms with van der Waals surface area (Å²) in [6.07, 6.45) is 1.63. The van der Waals surface area contributed by atoms with Crippen LogP contribution in [0.15, 0.2) is 18.3 Å². The highest BCUT2D eigenvalue weighted by Gasteiger charge is 2.14. The van der Waals surface area contributed by atoms with Gasteiger partial charge in [-0.1, -0.05) is 11.6 Å². The SMILES string of the molecule is Cc1nccc(CNc2c(N)cc(N)c(Cl)c2F)n1. The van der Waals surface area contributed by atoms with Gasteiger partial charge in [-0.05, 0) is 19.1 Å². The van der Waals surface area contributed by atoms with Gasteiger partial charge in [0, 0.05) is 6.20 Å². The molecule has 7 heteroatoms. The van der Waals surface area contributed by atoms with Gasteiger partial charge in [-0.3, -0.25) is 0 Å². The molecule has 0 aliphatic carbocycles. The molecule has 2 aromatic rings. The molecule has 0 saturated heterocycles. The molecule has 100 valence electrons. The molecule has 0 fully saturated rings. The van der Waals surface area contributed by atoms with E-state index in [1.54, 1.807) is 19.2 Å². The lowest BCUT2D eigenvalue weighted by Gasteiger charge is -2.12. The molecule has 0 bridgehead atoms. The predicted molar refractivity (Wildman–Crippen MR) is 74.3 cm³/mol. The molecule has 0 unspecified atom stereocenters. The van der Waals surface area contributed by atoms with Crippen molar-refractivity contribution in [3.8, 4) is 0 Å². The number of nitrogen functional groups attached to an aromatic ring is 2. The van der Waals surface area contributed by atoms with E-state index in [9.17, 15) is 4.39 Å². The quantitative estimate of drug-likeness (QED) is 0.752. The Morgan fingerprint density at radius 2 is 2.11 bits per heavy atom. The lowest BCUT2D eigenvalue weighted by molar-refractivity contribution is 0.631. The van der Waals surface area contributed by atoms with Crippen LogP contribution in [0, 0.1) is 12.7 Å². The van der Waals surface area contributed by atoms with Crippen molar-refractivity contribution in [3.63, 3.8) is 0 Å². The number of hydrogen-bond acceptors (Lipinski definition) is 5. The van der Waals surface area contributed by atoms with Gasteiger partial charge in [0.2, 0.25) is 0 Å². The standard InChI is InChI=1S/C12H13ClFN5/c1-6-17-3-2-7(19-6)5-18-12-9(16)4-8(15)10(13)11(12)14/h2-4,18H,5,15-16H2,1H3. The Bertz CT molecular complexity index is 617. The third-order valence-corrected chi connectivity index (χ3v) is 2.93. The van der Waals surface area contributed by atoms with Crippen molar-refractivity contribution in [1.29, 1.82) is 0 Å². The summed E-state index contributed by atoms with van der Waals surface area (Å²) in [5.74, 6) is -0.0203. The number of anilines is 3. The van der Waals surface area contributed by atoms with Gasteiger partial charge >= 0.3 is 0 Å². The molecule has 1 aromatic carbocycles. The number of nitrogens with one attached hydrogen (secondary N) is 1. The Labute approximate surface area is 114 Å². The summed E-state index contributed by atoms with van der Waals surface area (Å²) in [5, 5.41) is 2.72. The van der Waals surface area contributed by atoms with Gasteiger partial charge in [-0.25, -0.2) is 14.4 Å². The maximum absolute atomic E-state index is 13.9. The fourth-order valence-corrected chi connectivity index (χ4v) is 1.78. The zero-order valence-electron chi connectivity index (χ0n) is 10.2. The number of rotatable bonds is 3. The second-order valence-electron chi connectivity index (χ2n) is 4.01. The minimum Gasteiger partial charge on any atom is -0.397 e. The molecule has 2 rings (SSSR count). The summed E-state index contributed by atoms with van der Waals surface area (Å²) in [6.45, 7) is 2.09. The third-order valence-electron chi connectivity index (χ3n) is 2.55. The van der Waals surface area contributed by atoms with Gasteiger partial charge in [-0.15, -0.1) is 0 Å². The Morgan fingerprint density at radius 1 is 1.37 bits per heavy atom. The maximum atomic E-state index is 13.9. The molecule has 0 spiro atoms. The summed E-state index contributed by atoms with van der Waals surface area (Å²) >= 11 is 5.74. The molecular weight excluding hydrogens is 269 g/mol. The average molecular weight is 282 g/mol. The largest absolute Gasteiger partial charge is 0.397 e. The van der Waals surface area contributed by atoms with Gasteiger partial charge in [-0.2, -0.15) is 0 Å². The predicted octanol–water partition coefficient (Wildman–Crippen LogP) is 2.35. The highest BCUT2D eigenvalue weighted by atomic mass is 35.5. The summed E-state index contributed by atoms with van der Waals surface area (Å²) in [6, 6.07) is 3.14. The van der Waals surface area contributed by atoms with Crippen LogP contribution in [0.1, 0.15) is 11.5 Å². The fourth-order valence-electron chi connectivity index (χ4n) is 1.63. The number of nitrogens with zero attached hydrogens (tertiary/aromatic N) is 2. The molecule has 0 amide bonds. The first-order valence-electron chi connectivity index (χ1n) is 5.54. The van der Waals surface area contributed by atoms with Crippen LogP contribution in [0.3, 0.4) is 0 Å². The smallest absolute Gasteiger partial charge is 0.169 e. The lowest BCUT2D eigenvalue weighted by atomic mass is 10.2. The van der Waals surface area contributed by atoms with Gasteiger partial charge < -0.3 is 16.8 Å². The first-order chi connectivity index (χ1) is 8.99. The van der Waals surface area contributed by atoms with Gasteiger partial charge in [0.15, 0.2) is 5.82 Å². The normalized spacial score (nSPS) is 10.5. The molecule has 5 N–H and O–H groups in total. The molecule has 0 radical (unpaired) electrons. The minimum atomic E-state index is -0.662. The number of nitrogens with two attached hydrogens (primary N) is 2. The summed E-state index contributed by atoms with van der Waals surface area (Å²) in [5.41, 5.74) is 12.4. The first-order valence-corrected chi connectivity index (χ1v) is 5.92. The zero-order valence-corrected chi connectivity index (χ0v) is 11.0. The van der Waals surface area contributed by atoms with Gasteiger partial charge in [0.05, 0.1) is 29.3 Å². The van der Waals surface area contributed by atoms with E-state index in [4.69, 9.17) is 23.1 Å². The van der Waals surface area contributed by atoms with E-state index in [0.29, 0.717) is 12.4 Å². The maximum Gasteiger partial charge on any atom is 0.169 e. The number of benzene rings is 1. The van der Waals surface area contributed by atoms with Crippen LogP contribution in [0.4, 0.5) is 21.5 Å². The number of aryl methyl sites for hydroxylation is 1. The Kier molecular flexibility index (Phi) is 3.71. The van der Waals surface area contributed by atoms with Crippen molar-refractivity contribution in [2.24, 2.45) is 0 Å². The molecule has 1 heterocycles. The Morgan fingerprint density at radius 3 is 2.79 bits per heavy atom. The second-order valence-corrected chi connectivity index (χ2v) is 4.38. The summed E-state index contributed by atoms with van der Waals surface area (Å²) in [4.78, 5) is 8.17. The van der Waals surface area contributed by atoms with Crippen LogP contribution in [-0.2, 0) is 6.54 Å². The lowest BCUT2D eigenvalue weighted by Crippen LogP contribution is -2.08. The zero-order chi connectivity index (χ0) is 14.0. The van der Waals surface area contributed by atoms with Crippen LogP contribution >= 0.6 is 11.6 Å². The molecule has 0 saturated carbocycles. The molecule has 0 aliphatic heterocycles. The fraction of sp³-hybridized carbons (Fsp3) is 0.167. The number of aromatic nitrogens is 2. The van der Waals surface area contributed by atoms with E-state index < -0.39 is 5.82 Å².